The summed E-state index contributed by atoms with van der Waals surface area (Å²) in [6, 6.07) is 9.88. The van der Waals surface area contributed by atoms with Crippen LogP contribution in [0.4, 0.5) is 0 Å². The predicted molar refractivity (Wildman–Crippen MR) is 89.6 cm³/mol. The van der Waals surface area contributed by atoms with Crippen LogP contribution in [-0.2, 0) is 16.0 Å². The van der Waals surface area contributed by atoms with E-state index in [0.29, 0.717) is 6.54 Å². The van der Waals surface area contributed by atoms with Gasteiger partial charge < -0.3 is 21.5 Å². The average molecular weight is 321 g/mol. The summed E-state index contributed by atoms with van der Waals surface area (Å²) in [4.78, 5) is 23.5. The molecule has 0 fully saturated rings. The van der Waals surface area contributed by atoms with E-state index in [1.165, 1.54) is 0 Å². The van der Waals surface area contributed by atoms with E-state index in [1.807, 2.05) is 30.3 Å². The predicted octanol–water partition coefficient (Wildman–Crippen LogP) is 0.197. The van der Waals surface area contributed by atoms with E-state index in [0.717, 1.165) is 12.0 Å². The van der Waals surface area contributed by atoms with Crippen molar-refractivity contribution in [3.05, 3.63) is 35.9 Å². The molecule has 6 nitrogen and oxygen atoms in total. The number of aliphatic hydroxyl groups excluding tert-OH is 1. The maximum absolute atomic E-state index is 11.8. The summed E-state index contributed by atoms with van der Waals surface area (Å²) in [7, 11) is 0. The molecular formula is C17H27N3O3. The number of hydrogen-bond donors (Lipinski definition) is 4. The maximum Gasteiger partial charge on any atom is 0.249 e. The lowest BCUT2D eigenvalue weighted by molar-refractivity contribution is -0.135. The van der Waals surface area contributed by atoms with Crippen molar-refractivity contribution in [1.29, 1.82) is 0 Å². The molecule has 23 heavy (non-hydrogen) atoms. The van der Waals surface area contributed by atoms with Gasteiger partial charge in [-0.15, -0.1) is 0 Å². The molecule has 0 bridgehead atoms. The first-order valence-electron chi connectivity index (χ1n) is 7.83. The van der Waals surface area contributed by atoms with Crippen LogP contribution in [0, 0.1) is 5.41 Å². The third-order valence-electron chi connectivity index (χ3n) is 3.74. The molecule has 0 saturated carbocycles. The van der Waals surface area contributed by atoms with Crippen LogP contribution in [0.1, 0.15) is 25.8 Å². The Balaban J connectivity index is 2.20. The van der Waals surface area contributed by atoms with Gasteiger partial charge in [0.25, 0.3) is 0 Å². The summed E-state index contributed by atoms with van der Waals surface area (Å²) in [5, 5.41) is 15.2. The van der Waals surface area contributed by atoms with Crippen LogP contribution in [0.3, 0.4) is 0 Å². The van der Waals surface area contributed by atoms with Crippen LogP contribution in [0.15, 0.2) is 30.3 Å². The van der Waals surface area contributed by atoms with E-state index in [4.69, 9.17) is 5.73 Å². The number of rotatable bonds is 9. The molecule has 5 N–H and O–H groups in total. The lowest BCUT2D eigenvalue weighted by Crippen LogP contribution is -2.47. The van der Waals surface area contributed by atoms with Crippen LogP contribution in [0.25, 0.3) is 0 Å². The van der Waals surface area contributed by atoms with Crippen molar-refractivity contribution in [2.45, 2.75) is 32.8 Å². The van der Waals surface area contributed by atoms with Crippen molar-refractivity contribution in [2.24, 2.45) is 11.1 Å². The number of amides is 2. The second kappa shape index (κ2) is 9.27. The van der Waals surface area contributed by atoms with Gasteiger partial charge in [0.1, 0.15) is 6.10 Å². The highest BCUT2D eigenvalue weighted by molar-refractivity contribution is 5.82. The topological polar surface area (TPSA) is 104 Å². The molecule has 1 unspecified atom stereocenters. The van der Waals surface area contributed by atoms with E-state index in [1.54, 1.807) is 13.8 Å². The summed E-state index contributed by atoms with van der Waals surface area (Å²) in [5.41, 5.74) is 5.99. The third kappa shape index (κ3) is 6.80. The van der Waals surface area contributed by atoms with E-state index >= 15 is 0 Å². The zero-order chi connectivity index (χ0) is 17.3. The van der Waals surface area contributed by atoms with Crippen LogP contribution in [-0.4, -0.2) is 42.7 Å². The van der Waals surface area contributed by atoms with Gasteiger partial charge in [0, 0.05) is 31.5 Å². The van der Waals surface area contributed by atoms with Gasteiger partial charge in [0.15, 0.2) is 0 Å². The van der Waals surface area contributed by atoms with Crippen LogP contribution >= 0.6 is 0 Å². The number of nitrogens with one attached hydrogen (secondary N) is 2. The van der Waals surface area contributed by atoms with E-state index in [-0.39, 0.29) is 25.4 Å². The van der Waals surface area contributed by atoms with Gasteiger partial charge >= 0.3 is 0 Å². The lowest BCUT2D eigenvalue weighted by Gasteiger charge is -2.27. The minimum Gasteiger partial charge on any atom is -0.383 e. The Bertz CT molecular complexity index is 503. The Labute approximate surface area is 137 Å². The molecule has 0 heterocycles. The zero-order valence-electron chi connectivity index (χ0n) is 13.8. The van der Waals surface area contributed by atoms with Crippen LogP contribution < -0.4 is 16.4 Å². The number of hydrogen-bond acceptors (Lipinski definition) is 4. The Morgan fingerprint density at radius 2 is 1.83 bits per heavy atom. The smallest absolute Gasteiger partial charge is 0.249 e. The molecule has 0 aliphatic rings. The molecule has 1 atom stereocenters. The Hall–Kier alpha value is -1.92. The van der Waals surface area contributed by atoms with Crippen LogP contribution in [0.2, 0.25) is 0 Å². The molecule has 1 aromatic carbocycles. The summed E-state index contributed by atoms with van der Waals surface area (Å²) in [6.45, 7) is 4.37. The highest BCUT2D eigenvalue weighted by Gasteiger charge is 2.31. The number of carbonyl (C=O) groups is 2. The fourth-order valence-electron chi connectivity index (χ4n) is 1.94. The van der Waals surface area contributed by atoms with Crippen molar-refractivity contribution in [3.63, 3.8) is 0 Å². The minimum absolute atomic E-state index is 0.131. The van der Waals surface area contributed by atoms with Crippen molar-refractivity contribution in [2.75, 3.05) is 19.6 Å². The molecule has 128 valence electrons. The lowest BCUT2D eigenvalue weighted by atomic mass is 9.86. The van der Waals surface area contributed by atoms with Crippen molar-refractivity contribution in [3.8, 4) is 0 Å². The zero-order valence-corrected chi connectivity index (χ0v) is 13.8. The summed E-state index contributed by atoms with van der Waals surface area (Å²) in [5.74, 6) is -0.633. The van der Waals surface area contributed by atoms with Gasteiger partial charge in [0.2, 0.25) is 11.8 Å². The second-order valence-electron chi connectivity index (χ2n) is 6.22. The van der Waals surface area contributed by atoms with Crippen molar-refractivity contribution >= 4 is 11.8 Å². The molecule has 0 aromatic heterocycles. The molecule has 0 saturated heterocycles. The Morgan fingerprint density at radius 1 is 1.17 bits per heavy atom. The van der Waals surface area contributed by atoms with Crippen LogP contribution in [0.5, 0.6) is 0 Å². The summed E-state index contributed by atoms with van der Waals surface area (Å²) >= 11 is 0. The number of aliphatic hydroxyl groups is 1. The first kappa shape index (κ1) is 19.1. The molecule has 0 spiro atoms. The SMILES string of the molecule is CC(C)(CN)C(O)C(=O)NCCC(=O)NCCc1ccccc1. The second-order valence-corrected chi connectivity index (χ2v) is 6.22. The molecule has 0 radical (unpaired) electrons. The van der Waals surface area contributed by atoms with E-state index in [9.17, 15) is 14.7 Å². The third-order valence-corrected chi connectivity index (χ3v) is 3.74. The fraction of sp³-hybridized carbons (Fsp3) is 0.529. The minimum atomic E-state index is -1.19. The average Bonchev–Trinajstić information content (AvgIpc) is 2.55. The van der Waals surface area contributed by atoms with Crippen molar-refractivity contribution in [1.82, 2.24) is 10.6 Å². The van der Waals surface area contributed by atoms with Gasteiger partial charge in [0.05, 0.1) is 0 Å². The molecule has 0 aliphatic heterocycles. The first-order valence-corrected chi connectivity index (χ1v) is 7.83. The van der Waals surface area contributed by atoms with Crippen molar-refractivity contribution < 1.29 is 14.7 Å². The van der Waals surface area contributed by atoms with Gasteiger partial charge in [-0.25, -0.2) is 0 Å². The standard InChI is InChI=1S/C17H27N3O3/c1-17(2,12-18)15(22)16(23)20-11-9-14(21)19-10-8-13-6-4-3-5-7-13/h3-7,15,22H,8-12,18H2,1-2H3,(H,19,21)(H,20,23). The molecule has 0 aliphatic carbocycles. The quantitative estimate of drug-likeness (QED) is 0.521. The first-order chi connectivity index (χ1) is 10.9. The Morgan fingerprint density at radius 3 is 2.43 bits per heavy atom. The fourth-order valence-corrected chi connectivity index (χ4v) is 1.94. The summed E-state index contributed by atoms with van der Waals surface area (Å²) < 4.78 is 0. The van der Waals surface area contributed by atoms with Gasteiger partial charge in [-0.2, -0.15) is 0 Å². The number of nitrogens with two attached hydrogens (primary N) is 1. The molecule has 6 heteroatoms. The van der Waals surface area contributed by atoms with Gasteiger partial charge in [-0.3, -0.25) is 9.59 Å². The number of benzene rings is 1. The van der Waals surface area contributed by atoms with Gasteiger partial charge in [-0.05, 0) is 12.0 Å². The highest BCUT2D eigenvalue weighted by Crippen LogP contribution is 2.18. The Kier molecular flexibility index (Phi) is 7.71. The monoisotopic (exact) mass is 321 g/mol. The van der Waals surface area contributed by atoms with E-state index in [2.05, 4.69) is 10.6 Å². The normalized spacial score (nSPS) is 12.5. The highest BCUT2D eigenvalue weighted by atomic mass is 16.3. The van der Waals surface area contributed by atoms with Gasteiger partial charge in [-0.1, -0.05) is 44.2 Å². The molecule has 1 rings (SSSR count). The maximum atomic E-state index is 11.8. The summed E-state index contributed by atoms with van der Waals surface area (Å²) in [6.07, 6.45) is -0.243. The van der Waals surface area contributed by atoms with E-state index < -0.39 is 17.4 Å². The number of carbonyl (C=O) groups excluding carboxylic acids is 2. The largest absolute Gasteiger partial charge is 0.383 e. The molecule has 2 amide bonds. The molecular weight excluding hydrogens is 294 g/mol. The molecule has 1 aromatic rings.